The molecule has 2 aromatic heterocycles. The van der Waals surface area contributed by atoms with Crippen LogP contribution < -0.4 is 19.6 Å². The number of methoxy groups -OCH3 is 1. The molecule has 0 amide bonds. The number of fused-ring (bicyclic) bond motifs is 1. The molecular formula is C28H31N3O3S. The molecule has 0 aliphatic heterocycles. The average Bonchev–Trinajstić information content (AvgIpc) is 3.41. The third-order valence-corrected chi connectivity index (χ3v) is 6.62. The van der Waals surface area contributed by atoms with E-state index >= 15 is 0 Å². The molecular weight excluding hydrogens is 458 g/mol. The van der Waals surface area contributed by atoms with Crippen LogP contribution in [0.3, 0.4) is 0 Å². The number of hydrogen-bond donors (Lipinski definition) is 0. The Morgan fingerprint density at radius 3 is 2.51 bits per heavy atom. The zero-order valence-electron chi connectivity index (χ0n) is 20.3. The molecule has 0 N–H and O–H groups in total. The number of nitrogens with zero attached hydrogens (tertiary/aromatic N) is 3. The van der Waals surface area contributed by atoms with Gasteiger partial charge in [-0.15, -0.1) is 5.10 Å². The standard InChI is InChI=1S/C28H31N3O3S/c1-3-4-5-6-7-11-18-34-23-16-14-22(19-24(23)33-2)20-25-27(32)31-28(35-25)29-26(30-31)17-15-21-12-9-8-10-13-21/h8-10,12-17,19-20H,3-7,11,18H2,1-2H3. The van der Waals surface area contributed by atoms with Gasteiger partial charge in [-0.2, -0.15) is 9.50 Å². The highest BCUT2D eigenvalue weighted by Crippen LogP contribution is 2.28. The predicted molar refractivity (Wildman–Crippen MR) is 143 cm³/mol. The largest absolute Gasteiger partial charge is 0.493 e. The molecule has 0 saturated carbocycles. The third kappa shape index (κ3) is 6.57. The molecule has 0 saturated heterocycles. The molecule has 7 heteroatoms. The van der Waals surface area contributed by atoms with Crippen molar-refractivity contribution >= 4 is 34.5 Å². The summed E-state index contributed by atoms with van der Waals surface area (Å²) in [5.41, 5.74) is 1.73. The normalized spacial score (nSPS) is 12.1. The van der Waals surface area contributed by atoms with Crippen LogP contribution in [-0.4, -0.2) is 28.3 Å². The highest BCUT2D eigenvalue weighted by atomic mass is 32.1. The van der Waals surface area contributed by atoms with Crippen LogP contribution in [0.2, 0.25) is 0 Å². The van der Waals surface area contributed by atoms with Crippen molar-refractivity contribution in [3.05, 3.63) is 80.4 Å². The van der Waals surface area contributed by atoms with Crippen molar-refractivity contribution in [1.29, 1.82) is 0 Å². The van der Waals surface area contributed by atoms with Crippen molar-refractivity contribution < 1.29 is 9.47 Å². The fourth-order valence-corrected chi connectivity index (χ4v) is 4.68. The van der Waals surface area contributed by atoms with Crippen LogP contribution in [0.1, 0.15) is 62.4 Å². The van der Waals surface area contributed by atoms with Crippen molar-refractivity contribution in [2.45, 2.75) is 45.4 Å². The Balaban J connectivity index is 1.44. The molecule has 182 valence electrons. The molecule has 0 bridgehead atoms. The molecule has 6 nitrogen and oxygen atoms in total. The zero-order chi connectivity index (χ0) is 24.5. The highest BCUT2D eigenvalue weighted by Gasteiger charge is 2.10. The Hall–Kier alpha value is -3.45. The first-order valence-electron chi connectivity index (χ1n) is 12.1. The monoisotopic (exact) mass is 489 g/mol. The van der Waals surface area contributed by atoms with E-state index in [0.29, 0.717) is 27.7 Å². The van der Waals surface area contributed by atoms with Crippen LogP contribution in [0.15, 0.2) is 53.3 Å². The fraction of sp³-hybridized carbons (Fsp3) is 0.321. The fourth-order valence-electron chi connectivity index (χ4n) is 3.76. The second kappa shape index (κ2) is 12.3. The average molecular weight is 490 g/mol. The third-order valence-electron chi connectivity index (χ3n) is 5.66. The summed E-state index contributed by atoms with van der Waals surface area (Å²) in [5, 5.41) is 4.35. The minimum Gasteiger partial charge on any atom is -0.493 e. The first kappa shape index (κ1) is 24.7. The van der Waals surface area contributed by atoms with Crippen LogP contribution in [0.4, 0.5) is 0 Å². The number of unbranched alkanes of at least 4 members (excludes halogenated alkanes) is 5. The van der Waals surface area contributed by atoms with Gasteiger partial charge in [-0.1, -0.05) is 92.8 Å². The van der Waals surface area contributed by atoms with Gasteiger partial charge in [0.15, 0.2) is 17.3 Å². The Morgan fingerprint density at radius 2 is 1.74 bits per heavy atom. The lowest BCUT2D eigenvalue weighted by Crippen LogP contribution is -2.23. The van der Waals surface area contributed by atoms with Crippen LogP contribution in [0, 0.1) is 0 Å². The molecule has 4 rings (SSSR count). The lowest BCUT2D eigenvalue weighted by Gasteiger charge is -2.11. The zero-order valence-corrected chi connectivity index (χ0v) is 21.1. The predicted octanol–water partition coefficient (Wildman–Crippen LogP) is 5.62. The maximum absolute atomic E-state index is 12.9. The van der Waals surface area contributed by atoms with Gasteiger partial charge in [-0.05, 0) is 41.8 Å². The smallest absolute Gasteiger partial charge is 0.291 e. The van der Waals surface area contributed by atoms with E-state index in [2.05, 4.69) is 17.0 Å². The van der Waals surface area contributed by atoms with Gasteiger partial charge in [0, 0.05) is 0 Å². The van der Waals surface area contributed by atoms with E-state index in [4.69, 9.17) is 9.47 Å². The van der Waals surface area contributed by atoms with Crippen molar-refractivity contribution in [2.24, 2.45) is 0 Å². The molecule has 2 aromatic carbocycles. The van der Waals surface area contributed by atoms with E-state index in [1.807, 2.05) is 66.8 Å². The van der Waals surface area contributed by atoms with E-state index in [1.165, 1.54) is 48.0 Å². The molecule has 0 spiro atoms. The highest BCUT2D eigenvalue weighted by molar-refractivity contribution is 7.15. The van der Waals surface area contributed by atoms with Crippen molar-refractivity contribution in [3.63, 3.8) is 0 Å². The minimum atomic E-state index is -0.181. The summed E-state index contributed by atoms with van der Waals surface area (Å²) >= 11 is 1.32. The van der Waals surface area contributed by atoms with E-state index in [0.717, 1.165) is 23.3 Å². The van der Waals surface area contributed by atoms with Gasteiger partial charge < -0.3 is 9.47 Å². The maximum atomic E-state index is 12.9. The molecule has 0 unspecified atom stereocenters. The van der Waals surface area contributed by atoms with Gasteiger partial charge in [-0.25, -0.2) is 0 Å². The van der Waals surface area contributed by atoms with Gasteiger partial charge in [0.25, 0.3) is 5.56 Å². The van der Waals surface area contributed by atoms with Crippen molar-refractivity contribution in [2.75, 3.05) is 13.7 Å². The Labute approximate surface area is 209 Å². The molecule has 4 aromatic rings. The molecule has 0 aliphatic rings. The van der Waals surface area contributed by atoms with Crippen molar-refractivity contribution in [1.82, 2.24) is 14.6 Å². The van der Waals surface area contributed by atoms with Gasteiger partial charge in [0.1, 0.15) is 0 Å². The number of benzene rings is 2. The number of rotatable bonds is 12. The quantitative estimate of drug-likeness (QED) is 0.242. The summed E-state index contributed by atoms with van der Waals surface area (Å²) in [6.07, 6.45) is 12.9. The lowest BCUT2D eigenvalue weighted by atomic mass is 10.1. The minimum absolute atomic E-state index is 0.181. The maximum Gasteiger partial charge on any atom is 0.291 e. The molecule has 0 fully saturated rings. The van der Waals surface area contributed by atoms with Gasteiger partial charge in [-0.3, -0.25) is 4.79 Å². The summed E-state index contributed by atoms with van der Waals surface area (Å²) in [6.45, 7) is 2.90. The van der Waals surface area contributed by atoms with E-state index in [1.54, 1.807) is 7.11 Å². The summed E-state index contributed by atoms with van der Waals surface area (Å²) in [7, 11) is 1.63. The van der Waals surface area contributed by atoms with E-state index < -0.39 is 0 Å². The van der Waals surface area contributed by atoms with Crippen LogP contribution in [0.5, 0.6) is 11.5 Å². The number of thiazole rings is 1. The molecule has 2 heterocycles. The van der Waals surface area contributed by atoms with E-state index in [-0.39, 0.29) is 5.56 Å². The van der Waals surface area contributed by atoms with Gasteiger partial charge in [0.2, 0.25) is 4.96 Å². The SMILES string of the molecule is CCCCCCCCOc1ccc(C=c2sc3nc(C=Cc4ccccc4)nn3c2=O)cc1OC. The number of aromatic nitrogens is 3. The Bertz CT molecular complexity index is 1380. The van der Waals surface area contributed by atoms with Gasteiger partial charge in [0.05, 0.1) is 18.2 Å². The summed E-state index contributed by atoms with van der Waals surface area (Å²) in [4.78, 5) is 17.9. The summed E-state index contributed by atoms with van der Waals surface area (Å²) < 4.78 is 13.4. The first-order chi connectivity index (χ1) is 17.2. The second-order valence-electron chi connectivity index (χ2n) is 8.35. The second-order valence-corrected chi connectivity index (χ2v) is 9.36. The van der Waals surface area contributed by atoms with E-state index in [9.17, 15) is 4.79 Å². The lowest BCUT2D eigenvalue weighted by molar-refractivity contribution is 0.284. The molecule has 0 radical (unpaired) electrons. The Kier molecular flexibility index (Phi) is 8.68. The first-order valence-corrected chi connectivity index (χ1v) is 12.9. The molecule has 0 aliphatic carbocycles. The number of ether oxygens (including phenoxy) is 2. The molecule has 35 heavy (non-hydrogen) atoms. The molecule has 0 atom stereocenters. The van der Waals surface area contributed by atoms with Crippen molar-refractivity contribution in [3.8, 4) is 11.5 Å². The summed E-state index contributed by atoms with van der Waals surface area (Å²) in [6, 6.07) is 15.6. The van der Waals surface area contributed by atoms with Crippen LogP contribution in [0.25, 0.3) is 23.2 Å². The van der Waals surface area contributed by atoms with Gasteiger partial charge >= 0.3 is 0 Å². The topological polar surface area (TPSA) is 65.7 Å². The van der Waals surface area contributed by atoms with Crippen LogP contribution >= 0.6 is 11.3 Å². The Morgan fingerprint density at radius 1 is 0.943 bits per heavy atom. The summed E-state index contributed by atoms with van der Waals surface area (Å²) in [5.74, 6) is 1.89. The van der Waals surface area contributed by atoms with Crippen LogP contribution in [-0.2, 0) is 0 Å². The number of hydrogen-bond acceptors (Lipinski definition) is 6.